The summed E-state index contributed by atoms with van der Waals surface area (Å²) >= 11 is 0. The number of rotatable bonds is 2. The van der Waals surface area contributed by atoms with Gasteiger partial charge >= 0.3 is 0 Å². The summed E-state index contributed by atoms with van der Waals surface area (Å²) < 4.78 is 5.84. The molecule has 1 saturated heterocycles. The second-order valence-electron chi connectivity index (χ2n) is 5.18. The fraction of sp³-hybridized carbons (Fsp3) is 0.917. The normalized spacial score (nSPS) is 37.2. The first-order valence-electron chi connectivity index (χ1n) is 6.32. The van der Waals surface area contributed by atoms with E-state index in [0.29, 0.717) is 25.1 Å². The lowest BCUT2D eigenvalue weighted by atomic mass is 9.75. The monoisotopic (exact) mass is 226 g/mol. The van der Waals surface area contributed by atoms with Crippen molar-refractivity contribution in [1.82, 2.24) is 5.32 Å². The van der Waals surface area contributed by atoms with Gasteiger partial charge in [0, 0.05) is 12.6 Å². The van der Waals surface area contributed by atoms with Crippen molar-refractivity contribution in [3.05, 3.63) is 0 Å². The molecule has 0 aromatic rings. The number of carbonyl (C=O) groups excluding carboxylic acids is 1. The summed E-state index contributed by atoms with van der Waals surface area (Å²) in [7, 11) is 0. The molecular formula is C12H22N2O2. The van der Waals surface area contributed by atoms with Crippen LogP contribution < -0.4 is 11.1 Å². The molecule has 92 valence electrons. The van der Waals surface area contributed by atoms with Gasteiger partial charge in [-0.2, -0.15) is 0 Å². The van der Waals surface area contributed by atoms with Crippen molar-refractivity contribution in [3.63, 3.8) is 0 Å². The Bertz CT molecular complexity index is 254. The summed E-state index contributed by atoms with van der Waals surface area (Å²) in [6.07, 6.45) is 5.80. The molecule has 1 saturated carbocycles. The molecule has 0 aromatic heterocycles. The molecular weight excluding hydrogens is 204 g/mol. The van der Waals surface area contributed by atoms with Crippen molar-refractivity contribution in [3.8, 4) is 0 Å². The molecule has 0 radical (unpaired) electrons. The van der Waals surface area contributed by atoms with Crippen LogP contribution in [-0.4, -0.2) is 30.7 Å². The summed E-state index contributed by atoms with van der Waals surface area (Å²) in [5.74, 6) is 0.0116. The molecule has 0 spiro atoms. The summed E-state index contributed by atoms with van der Waals surface area (Å²) in [5.41, 5.74) is 4.83. The van der Waals surface area contributed by atoms with E-state index in [1.54, 1.807) is 0 Å². The summed E-state index contributed by atoms with van der Waals surface area (Å²) in [6, 6.07) is 0.316. The third-order valence-corrected chi connectivity index (χ3v) is 3.99. The van der Waals surface area contributed by atoms with Gasteiger partial charge in [0.1, 0.15) is 0 Å². The summed E-state index contributed by atoms with van der Waals surface area (Å²) in [6.45, 7) is 3.22. The van der Waals surface area contributed by atoms with E-state index < -0.39 is 5.60 Å². The van der Waals surface area contributed by atoms with Gasteiger partial charge in [-0.1, -0.05) is 19.3 Å². The minimum absolute atomic E-state index is 0.293. The molecule has 2 atom stereocenters. The largest absolute Gasteiger partial charge is 0.367 e. The number of hydrogen-bond acceptors (Lipinski definition) is 3. The first-order valence-corrected chi connectivity index (χ1v) is 6.32. The molecule has 4 heteroatoms. The highest BCUT2D eigenvalue weighted by Crippen LogP contribution is 2.36. The average molecular weight is 226 g/mol. The van der Waals surface area contributed by atoms with Crippen LogP contribution in [-0.2, 0) is 9.53 Å². The van der Waals surface area contributed by atoms with Crippen LogP contribution in [0.5, 0.6) is 0 Å². The first-order chi connectivity index (χ1) is 7.65. The van der Waals surface area contributed by atoms with E-state index in [9.17, 15) is 4.79 Å². The minimum atomic E-state index is -0.743. The van der Waals surface area contributed by atoms with Crippen LogP contribution in [0.4, 0.5) is 0 Å². The summed E-state index contributed by atoms with van der Waals surface area (Å²) in [5, 5.41) is 3.33. The van der Waals surface area contributed by atoms with Crippen LogP contribution in [0.1, 0.15) is 39.0 Å². The molecule has 1 amide bonds. The fourth-order valence-corrected chi connectivity index (χ4v) is 2.90. The van der Waals surface area contributed by atoms with Gasteiger partial charge in [0.2, 0.25) is 0 Å². The quantitative estimate of drug-likeness (QED) is 0.732. The molecule has 0 aromatic carbocycles. The van der Waals surface area contributed by atoms with Gasteiger partial charge in [-0.25, -0.2) is 0 Å². The zero-order valence-corrected chi connectivity index (χ0v) is 10.00. The Morgan fingerprint density at radius 2 is 2.06 bits per heavy atom. The van der Waals surface area contributed by atoms with E-state index in [0.717, 1.165) is 12.8 Å². The topological polar surface area (TPSA) is 64.3 Å². The van der Waals surface area contributed by atoms with Crippen LogP contribution in [0.25, 0.3) is 0 Å². The maximum Gasteiger partial charge on any atom is 0.251 e. The number of nitrogens with one attached hydrogen (secondary N) is 1. The van der Waals surface area contributed by atoms with Gasteiger partial charge in [-0.15, -0.1) is 0 Å². The van der Waals surface area contributed by atoms with Crippen LogP contribution in [0, 0.1) is 5.92 Å². The van der Waals surface area contributed by atoms with Crippen LogP contribution >= 0.6 is 0 Å². The van der Waals surface area contributed by atoms with Gasteiger partial charge < -0.3 is 15.8 Å². The SMILES string of the molecule is CC1COC(C(N)=O)(C2CCCCC2)CN1. The molecule has 3 N–H and O–H groups in total. The highest BCUT2D eigenvalue weighted by molar-refractivity contribution is 5.84. The van der Waals surface area contributed by atoms with E-state index in [4.69, 9.17) is 10.5 Å². The first kappa shape index (κ1) is 11.9. The average Bonchev–Trinajstić information content (AvgIpc) is 2.31. The molecule has 2 aliphatic rings. The molecule has 1 heterocycles. The fourth-order valence-electron chi connectivity index (χ4n) is 2.90. The Labute approximate surface area is 96.9 Å². The van der Waals surface area contributed by atoms with Gasteiger partial charge in [-0.05, 0) is 25.7 Å². The Morgan fingerprint density at radius 3 is 2.56 bits per heavy atom. The molecule has 0 bridgehead atoms. The maximum absolute atomic E-state index is 11.7. The third kappa shape index (κ3) is 2.09. The molecule has 2 rings (SSSR count). The second kappa shape index (κ2) is 4.72. The molecule has 2 unspecified atom stereocenters. The number of ether oxygens (including phenoxy) is 1. The van der Waals surface area contributed by atoms with E-state index in [1.165, 1.54) is 19.3 Å². The lowest BCUT2D eigenvalue weighted by Crippen LogP contribution is -2.64. The van der Waals surface area contributed by atoms with Crippen molar-refractivity contribution in [2.45, 2.75) is 50.7 Å². The number of amides is 1. The molecule has 4 nitrogen and oxygen atoms in total. The highest BCUT2D eigenvalue weighted by Gasteiger charge is 2.47. The number of morpholine rings is 1. The van der Waals surface area contributed by atoms with Crippen molar-refractivity contribution < 1.29 is 9.53 Å². The number of carbonyl (C=O) groups is 1. The van der Waals surface area contributed by atoms with Crippen molar-refractivity contribution in [2.75, 3.05) is 13.2 Å². The Balaban J connectivity index is 2.11. The van der Waals surface area contributed by atoms with E-state index in [2.05, 4.69) is 12.2 Å². The molecule has 2 fully saturated rings. The Morgan fingerprint density at radius 1 is 1.38 bits per heavy atom. The lowest BCUT2D eigenvalue weighted by molar-refractivity contribution is -0.163. The van der Waals surface area contributed by atoms with E-state index >= 15 is 0 Å². The minimum Gasteiger partial charge on any atom is -0.367 e. The number of nitrogens with two attached hydrogens (primary N) is 1. The molecule has 1 aliphatic heterocycles. The van der Waals surface area contributed by atoms with Gasteiger partial charge in [0.25, 0.3) is 5.91 Å². The van der Waals surface area contributed by atoms with Crippen molar-refractivity contribution in [2.24, 2.45) is 11.7 Å². The third-order valence-electron chi connectivity index (χ3n) is 3.99. The molecule has 1 aliphatic carbocycles. The van der Waals surface area contributed by atoms with E-state index in [-0.39, 0.29) is 5.91 Å². The number of hydrogen-bond donors (Lipinski definition) is 2. The Kier molecular flexibility index (Phi) is 3.50. The van der Waals surface area contributed by atoms with E-state index in [1.807, 2.05) is 0 Å². The van der Waals surface area contributed by atoms with Crippen molar-refractivity contribution >= 4 is 5.91 Å². The van der Waals surface area contributed by atoms with Crippen LogP contribution in [0.2, 0.25) is 0 Å². The second-order valence-corrected chi connectivity index (χ2v) is 5.18. The van der Waals surface area contributed by atoms with Gasteiger partial charge in [0.05, 0.1) is 6.61 Å². The van der Waals surface area contributed by atoms with Crippen molar-refractivity contribution in [1.29, 1.82) is 0 Å². The predicted octanol–water partition coefficient (Wildman–Crippen LogP) is 0.799. The van der Waals surface area contributed by atoms with Crippen LogP contribution in [0.15, 0.2) is 0 Å². The lowest BCUT2D eigenvalue weighted by Gasteiger charge is -2.44. The smallest absolute Gasteiger partial charge is 0.251 e. The predicted molar refractivity (Wildman–Crippen MR) is 61.9 cm³/mol. The zero-order valence-electron chi connectivity index (χ0n) is 10.00. The van der Waals surface area contributed by atoms with Crippen LogP contribution in [0.3, 0.4) is 0 Å². The number of primary amides is 1. The summed E-state index contributed by atoms with van der Waals surface area (Å²) in [4.78, 5) is 11.7. The maximum atomic E-state index is 11.7. The Hall–Kier alpha value is -0.610. The molecule has 16 heavy (non-hydrogen) atoms. The zero-order chi connectivity index (χ0) is 11.6. The van der Waals surface area contributed by atoms with Gasteiger partial charge in [-0.3, -0.25) is 4.79 Å². The standard InChI is InChI=1S/C12H22N2O2/c1-9-7-16-12(8-14-9,11(13)15)10-5-3-2-4-6-10/h9-10,14H,2-8H2,1H3,(H2,13,15). The highest BCUT2D eigenvalue weighted by atomic mass is 16.5. The van der Waals surface area contributed by atoms with Gasteiger partial charge in [0.15, 0.2) is 5.60 Å².